The van der Waals surface area contributed by atoms with E-state index in [9.17, 15) is 4.79 Å². The first-order valence-electron chi connectivity index (χ1n) is 3.09. The minimum Gasteiger partial charge on any atom is -0.469 e. The molecule has 0 bridgehead atoms. The molecule has 0 spiro atoms. The molecule has 0 radical (unpaired) electrons. The second kappa shape index (κ2) is 2.67. The Hall–Kier alpha value is -0.790. The van der Waals surface area contributed by atoms with E-state index in [0.29, 0.717) is 0 Å². The summed E-state index contributed by atoms with van der Waals surface area (Å²) >= 11 is 0. The molecule has 1 unspecified atom stereocenters. The Morgan fingerprint density at radius 3 is 3.00 bits per heavy atom. The molecule has 9 heavy (non-hydrogen) atoms. The molecule has 0 N–H and O–H groups in total. The SMILES string of the molecule is COC(=O)C1C=CCC1. The lowest BCUT2D eigenvalue weighted by molar-refractivity contribution is -0.143. The number of allylic oxidation sites excluding steroid dienone is 1. The van der Waals surface area contributed by atoms with Crippen molar-refractivity contribution in [3.05, 3.63) is 12.2 Å². The van der Waals surface area contributed by atoms with Crippen LogP contribution in [0, 0.1) is 5.92 Å². The summed E-state index contributed by atoms with van der Waals surface area (Å²) in [7, 11) is 1.43. The van der Waals surface area contributed by atoms with Crippen LogP contribution in [0.3, 0.4) is 0 Å². The van der Waals surface area contributed by atoms with Gasteiger partial charge in [0.25, 0.3) is 0 Å². The highest BCUT2D eigenvalue weighted by Gasteiger charge is 2.17. The largest absolute Gasteiger partial charge is 0.469 e. The van der Waals surface area contributed by atoms with Gasteiger partial charge in [-0.1, -0.05) is 12.2 Å². The maximum Gasteiger partial charge on any atom is 0.312 e. The Balaban J connectivity index is 2.43. The molecule has 0 saturated carbocycles. The molecular formula is C7H10O2. The molecule has 0 aromatic rings. The fourth-order valence-corrected chi connectivity index (χ4v) is 0.980. The van der Waals surface area contributed by atoms with Crippen LogP contribution in [-0.4, -0.2) is 13.1 Å². The Bertz CT molecular complexity index is 138. The minimum absolute atomic E-state index is 0.0370. The fraction of sp³-hybridized carbons (Fsp3) is 0.571. The summed E-state index contributed by atoms with van der Waals surface area (Å²) in [6.45, 7) is 0. The normalized spacial score (nSPS) is 24.3. The summed E-state index contributed by atoms with van der Waals surface area (Å²) in [5, 5.41) is 0. The predicted molar refractivity (Wildman–Crippen MR) is 33.9 cm³/mol. The molecule has 0 fully saturated rings. The van der Waals surface area contributed by atoms with Crippen LogP contribution in [0.25, 0.3) is 0 Å². The van der Waals surface area contributed by atoms with Gasteiger partial charge >= 0.3 is 5.97 Å². The lowest BCUT2D eigenvalue weighted by Crippen LogP contribution is -2.10. The third-order valence-electron chi connectivity index (χ3n) is 1.52. The van der Waals surface area contributed by atoms with E-state index in [1.54, 1.807) is 0 Å². The van der Waals surface area contributed by atoms with Gasteiger partial charge < -0.3 is 4.74 Å². The molecule has 0 heterocycles. The zero-order chi connectivity index (χ0) is 6.69. The average molecular weight is 126 g/mol. The molecule has 1 rings (SSSR count). The molecule has 0 aliphatic heterocycles. The second-order valence-electron chi connectivity index (χ2n) is 2.14. The lowest BCUT2D eigenvalue weighted by Gasteiger charge is -2.02. The van der Waals surface area contributed by atoms with Gasteiger partial charge in [-0.3, -0.25) is 4.79 Å². The van der Waals surface area contributed by atoms with Crippen LogP contribution in [-0.2, 0) is 9.53 Å². The van der Waals surface area contributed by atoms with E-state index in [2.05, 4.69) is 4.74 Å². The van der Waals surface area contributed by atoms with Gasteiger partial charge in [-0.2, -0.15) is 0 Å². The fourth-order valence-electron chi connectivity index (χ4n) is 0.980. The van der Waals surface area contributed by atoms with Gasteiger partial charge in [-0.05, 0) is 12.8 Å². The number of carbonyl (C=O) groups excluding carboxylic acids is 1. The third-order valence-corrected chi connectivity index (χ3v) is 1.52. The van der Waals surface area contributed by atoms with Crippen molar-refractivity contribution >= 4 is 5.97 Å². The van der Waals surface area contributed by atoms with Crippen LogP contribution in [0.5, 0.6) is 0 Å². The maximum absolute atomic E-state index is 10.7. The van der Waals surface area contributed by atoms with Crippen molar-refractivity contribution in [3.63, 3.8) is 0 Å². The molecule has 0 aromatic heterocycles. The smallest absolute Gasteiger partial charge is 0.312 e. The lowest BCUT2D eigenvalue weighted by atomic mass is 10.1. The van der Waals surface area contributed by atoms with Crippen molar-refractivity contribution < 1.29 is 9.53 Å². The highest BCUT2D eigenvalue weighted by Crippen LogP contribution is 2.17. The number of ether oxygens (including phenoxy) is 1. The van der Waals surface area contributed by atoms with Gasteiger partial charge in [0.2, 0.25) is 0 Å². The van der Waals surface area contributed by atoms with Crippen molar-refractivity contribution in [2.75, 3.05) is 7.11 Å². The number of hydrogen-bond donors (Lipinski definition) is 0. The first-order valence-corrected chi connectivity index (χ1v) is 3.09. The van der Waals surface area contributed by atoms with E-state index in [0.717, 1.165) is 12.8 Å². The molecule has 0 amide bonds. The van der Waals surface area contributed by atoms with Crippen molar-refractivity contribution in [2.45, 2.75) is 12.8 Å². The minimum atomic E-state index is -0.108. The third kappa shape index (κ3) is 1.31. The van der Waals surface area contributed by atoms with E-state index < -0.39 is 0 Å². The molecule has 1 atom stereocenters. The molecule has 0 aromatic carbocycles. The van der Waals surface area contributed by atoms with Gasteiger partial charge in [-0.15, -0.1) is 0 Å². The highest BCUT2D eigenvalue weighted by molar-refractivity contribution is 5.74. The summed E-state index contributed by atoms with van der Waals surface area (Å²) in [5.74, 6) is -0.0706. The zero-order valence-corrected chi connectivity index (χ0v) is 5.46. The summed E-state index contributed by atoms with van der Waals surface area (Å²) in [5.41, 5.74) is 0. The van der Waals surface area contributed by atoms with E-state index in [1.165, 1.54) is 7.11 Å². The Kier molecular flexibility index (Phi) is 1.88. The van der Waals surface area contributed by atoms with E-state index in [1.807, 2.05) is 12.2 Å². The molecule has 2 heteroatoms. The molecule has 1 aliphatic carbocycles. The monoisotopic (exact) mass is 126 g/mol. The summed E-state index contributed by atoms with van der Waals surface area (Å²) < 4.78 is 4.54. The Morgan fingerprint density at radius 2 is 2.56 bits per heavy atom. The number of carbonyl (C=O) groups is 1. The quantitative estimate of drug-likeness (QED) is 0.389. The Labute approximate surface area is 54.5 Å². The maximum atomic E-state index is 10.7. The second-order valence-corrected chi connectivity index (χ2v) is 2.14. The predicted octanol–water partition coefficient (Wildman–Crippen LogP) is 1.13. The number of methoxy groups -OCH3 is 1. The van der Waals surface area contributed by atoms with E-state index >= 15 is 0 Å². The first kappa shape index (κ1) is 6.33. The summed E-state index contributed by atoms with van der Waals surface area (Å²) in [4.78, 5) is 10.7. The van der Waals surface area contributed by atoms with Gasteiger partial charge in [0.05, 0.1) is 13.0 Å². The van der Waals surface area contributed by atoms with Gasteiger partial charge in [0, 0.05) is 0 Å². The number of rotatable bonds is 1. The van der Waals surface area contributed by atoms with Crippen LogP contribution in [0.4, 0.5) is 0 Å². The molecule has 2 nitrogen and oxygen atoms in total. The molecule has 1 aliphatic rings. The number of esters is 1. The van der Waals surface area contributed by atoms with Crippen LogP contribution < -0.4 is 0 Å². The van der Waals surface area contributed by atoms with Gasteiger partial charge in [0.15, 0.2) is 0 Å². The van der Waals surface area contributed by atoms with Crippen LogP contribution in [0.15, 0.2) is 12.2 Å². The van der Waals surface area contributed by atoms with Gasteiger partial charge in [0.1, 0.15) is 0 Å². The Morgan fingerprint density at radius 1 is 1.78 bits per heavy atom. The highest BCUT2D eigenvalue weighted by atomic mass is 16.5. The van der Waals surface area contributed by atoms with Crippen LogP contribution in [0.2, 0.25) is 0 Å². The summed E-state index contributed by atoms with van der Waals surface area (Å²) in [6, 6.07) is 0. The molecule has 0 saturated heterocycles. The van der Waals surface area contributed by atoms with E-state index in [-0.39, 0.29) is 11.9 Å². The summed E-state index contributed by atoms with van der Waals surface area (Å²) in [6.07, 6.45) is 5.86. The van der Waals surface area contributed by atoms with E-state index in [4.69, 9.17) is 0 Å². The van der Waals surface area contributed by atoms with Crippen molar-refractivity contribution in [1.29, 1.82) is 0 Å². The molecule has 50 valence electrons. The molecular weight excluding hydrogens is 116 g/mol. The van der Waals surface area contributed by atoms with Crippen LogP contribution >= 0.6 is 0 Å². The standard InChI is InChI=1S/C7H10O2/c1-9-7(8)6-4-2-3-5-6/h2,4,6H,3,5H2,1H3. The van der Waals surface area contributed by atoms with Crippen molar-refractivity contribution in [1.82, 2.24) is 0 Å². The zero-order valence-electron chi connectivity index (χ0n) is 5.46. The average Bonchev–Trinajstić information content (AvgIpc) is 2.37. The van der Waals surface area contributed by atoms with Crippen molar-refractivity contribution in [3.8, 4) is 0 Å². The van der Waals surface area contributed by atoms with Crippen molar-refractivity contribution in [2.24, 2.45) is 5.92 Å². The van der Waals surface area contributed by atoms with Gasteiger partial charge in [-0.25, -0.2) is 0 Å². The van der Waals surface area contributed by atoms with Crippen LogP contribution in [0.1, 0.15) is 12.8 Å². The first-order chi connectivity index (χ1) is 4.34. The number of hydrogen-bond acceptors (Lipinski definition) is 2. The topological polar surface area (TPSA) is 26.3 Å².